The molecule has 2 rings (SSSR count). The molecule has 1 saturated carbocycles. The van der Waals surface area contributed by atoms with Gasteiger partial charge in [0.2, 0.25) is 5.91 Å². The number of hydrogen-bond acceptors (Lipinski definition) is 2. The topological polar surface area (TPSA) is 61.4 Å². The van der Waals surface area contributed by atoms with Crippen LogP contribution in [0.5, 0.6) is 0 Å². The molecule has 1 aliphatic carbocycles. The van der Waals surface area contributed by atoms with E-state index in [0.29, 0.717) is 12.5 Å². The molecule has 0 spiro atoms. The molecule has 0 aromatic heterocycles. The van der Waals surface area contributed by atoms with Gasteiger partial charge in [0.15, 0.2) is 0 Å². The fraction of sp³-hybridized carbons (Fsp3) is 0.600. The first kappa shape index (κ1) is 19.3. The van der Waals surface area contributed by atoms with Crippen LogP contribution < -0.4 is 10.6 Å². The number of nitrogens with zero attached hydrogens (tertiary/aromatic N) is 1. The Kier molecular flexibility index (Phi) is 7.29. The lowest BCUT2D eigenvalue weighted by atomic mass is 10.1. The summed E-state index contributed by atoms with van der Waals surface area (Å²) in [4.78, 5) is 26.3. The minimum absolute atomic E-state index is 0.00259. The number of hydrogen-bond donors (Lipinski definition) is 2. The van der Waals surface area contributed by atoms with Gasteiger partial charge in [0.05, 0.1) is 0 Å². The molecule has 0 bridgehead atoms. The van der Waals surface area contributed by atoms with Gasteiger partial charge in [-0.25, -0.2) is 4.79 Å². The van der Waals surface area contributed by atoms with Gasteiger partial charge >= 0.3 is 6.03 Å². The summed E-state index contributed by atoms with van der Waals surface area (Å²) in [6.45, 7) is 8.15. The second-order valence-electron chi connectivity index (χ2n) is 7.05. The summed E-state index contributed by atoms with van der Waals surface area (Å²) in [5, 5.41) is 5.94. The number of anilines is 1. The van der Waals surface area contributed by atoms with Crippen molar-refractivity contribution >= 4 is 17.6 Å². The fourth-order valence-corrected chi connectivity index (χ4v) is 2.66. The number of rotatable bonds is 9. The Morgan fingerprint density at radius 2 is 2.04 bits per heavy atom. The second-order valence-corrected chi connectivity index (χ2v) is 7.05. The van der Waals surface area contributed by atoms with Crippen molar-refractivity contribution in [2.24, 2.45) is 11.8 Å². The van der Waals surface area contributed by atoms with Gasteiger partial charge in [-0.1, -0.05) is 32.9 Å². The Hall–Kier alpha value is -2.04. The van der Waals surface area contributed by atoms with Crippen molar-refractivity contribution in [3.63, 3.8) is 0 Å². The minimum atomic E-state index is -0.00613. The predicted octanol–water partition coefficient (Wildman–Crippen LogP) is 4.00. The molecule has 25 heavy (non-hydrogen) atoms. The summed E-state index contributed by atoms with van der Waals surface area (Å²) < 4.78 is 0. The van der Waals surface area contributed by atoms with Crippen LogP contribution in [0.2, 0.25) is 0 Å². The molecule has 5 heteroatoms. The van der Waals surface area contributed by atoms with E-state index in [0.717, 1.165) is 37.2 Å². The van der Waals surface area contributed by atoms with Crippen LogP contribution in [0.1, 0.15) is 52.0 Å². The molecule has 1 aromatic carbocycles. The van der Waals surface area contributed by atoms with Gasteiger partial charge in [0, 0.05) is 31.2 Å². The Balaban J connectivity index is 1.87. The number of benzene rings is 1. The van der Waals surface area contributed by atoms with E-state index >= 15 is 0 Å². The van der Waals surface area contributed by atoms with Gasteiger partial charge in [-0.15, -0.1) is 0 Å². The van der Waals surface area contributed by atoms with Gasteiger partial charge < -0.3 is 15.5 Å². The van der Waals surface area contributed by atoms with Gasteiger partial charge in [-0.05, 0) is 49.3 Å². The summed E-state index contributed by atoms with van der Waals surface area (Å²) in [6.07, 6.45) is 4.27. The molecule has 0 heterocycles. The van der Waals surface area contributed by atoms with Crippen molar-refractivity contribution in [1.82, 2.24) is 10.2 Å². The highest BCUT2D eigenvalue weighted by atomic mass is 16.2. The van der Waals surface area contributed by atoms with Crippen molar-refractivity contribution in [1.29, 1.82) is 0 Å². The molecule has 1 fully saturated rings. The number of amides is 3. The van der Waals surface area contributed by atoms with E-state index in [4.69, 9.17) is 0 Å². The van der Waals surface area contributed by atoms with Crippen LogP contribution in [-0.4, -0.2) is 29.9 Å². The Morgan fingerprint density at radius 1 is 1.28 bits per heavy atom. The Labute approximate surface area is 151 Å². The van der Waals surface area contributed by atoms with Crippen LogP contribution in [0.3, 0.4) is 0 Å². The standard InChI is InChI=1S/C20H31N3O2/c1-4-11-23(14-16-9-10-16)20(25)21-13-17-7-6-8-18(12-17)22-19(24)15(3)5-2/h6-8,12,15-16H,4-5,9-11,13-14H2,1-3H3,(H,21,25)(H,22,24). The summed E-state index contributed by atoms with van der Waals surface area (Å²) in [5.74, 6) is 0.715. The predicted molar refractivity (Wildman–Crippen MR) is 101 cm³/mol. The third-order valence-corrected chi connectivity index (χ3v) is 4.65. The zero-order chi connectivity index (χ0) is 18.2. The van der Waals surface area contributed by atoms with Crippen LogP contribution in [0.4, 0.5) is 10.5 Å². The maximum atomic E-state index is 12.4. The number of nitrogens with one attached hydrogen (secondary N) is 2. The third kappa shape index (κ3) is 6.40. The summed E-state index contributed by atoms with van der Waals surface area (Å²) in [6, 6.07) is 7.67. The third-order valence-electron chi connectivity index (χ3n) is 4.65. The van der Waals surface area contributed by atoms with Gasteiger partial charge in [-0.3, -0.25) is 4.79 Å². The number of urea groups is 1. The highest BCUT2D eigenvalue weighted by Crippen LogP contribution is 2.29. The highest BCUT2D eigenvalue weighted by Gasteiger charge is 2.26. The lowest BCUT2D eigenvalue weighted by Crippen LogP contribution is -2.41. The largest absolute Gasteiger partial charge is 0.334 e. The molecule has 1 atom stereocenters. The van der Waals surface area contributed by atoms with Crippen LogP contribution in [0, 0.1) is 11.8 Å². The van der Waals surface area contributed by atoms with Crippen molar-refractivity contribution in [2.45, 2.75) is 53.0 Å². The van der Waals surface area contributed by atoms with Crippen molar-refractivity contribution in [3.05, 3.63) is 29.8 Å². The second kappa shape index (κ2) is 9.44. The first-order valence-electron chi connectivity index (χ1n) is 9.46. The van der Waals surface area contributed by atoms with E-state index < -0.39 is 0 Å². The first-order chi connectivity index (χ1) is 12.0. The summed E-state index contributed by atoms with van der Waals surface area (Å²) >= 11 is 0. The van der Waals surface area contributed by atoms with Crippen LogP contribution in [-0.2, 0) is 11.3 Å². The molecular weight excluding hydrogens is 314 g/mol. The van der Waals surface area contributed by atoms with Gasteiger partial charge in [0.25, 0.3) is 0 Å². The van der Waals surface area contributed by atoms with Crippen LogP contribution >= 0.6 is 0 Å². The molecular formula is C20H31N3O2. The van der Waals surface area contributed by atoms with Crippen molar-refractivity contribution in [3.8, 4) is 0 Å². The molecule has 0 radical (unpaired) electrons. The zero-order valence-electron chi connectivity index (χ0n) is 15.7. The minimum Gasteiger partial charge on any atom is -0.334 e. The molecule has 2 N–H and O–H groups in total. The lowest BCUT2D eigenvalue weighted by Gasteiger charge is -2.22. The van der Waals surface area contributed by atoms with E-state index in [1.165, 1.54) is 12.8 Å². The molecule has 1 aromatic rings. The average Bonchev–Trinajstić information content (AvgIpc) is 3.43. The smallest absolute Gasteiger partial charge is 0.317 e. The molecule has 5 nitrogen and oxygen atoms in total. The summed E-state index contributed by atoms with van der Waals surface area (Å²) in [7, 11) is 0. The van der Waals surface area contributed by atoms with Crippen LogP contribution in [0.25, 0.3) is 0 Å². The van der Waals surface area contributed by atoms with Crippen molar-refractivity contribution < 1.29 is 9.59 Å². The molecule has 138 valence electrons. The molecule has 0 saturated heterocycles. The Morgan fingerprint density at radius 3 is 2.68 bits per heavy atom. The number of carbonyl (C=O) groups excluding carboxylic acids is 2. The quantitative estimate of drug-likeness (QED) is 0.710. The maximum absolute atomic E-state index is 12.4. The highest BCUT2D eigenvalue weighted by molar-refractivity contribution is 5.92. The van der Waals surface area contributed by atoms with E-state index in [-0.39, 0.29) is 17.9 Å². The zero-order valence-corrected chi connectivity index (χ0v) is 15.7. The Bertz CT molecular complexity index is 584. The van der Waals surface area contributed by atoms with Gasteiger partial charge in [0.1, 0.15) is 0 Å². The van der Waals surface area contributed by atoms with E-state index in [2.05, 4.69) is 17.6 Å². The van der Waals surface area contributed by atoms with E-state index in [1.807, 2.05) is 43.0 Å². The average molecular weight is 345 g/mol. The molecule has 3 amide bonds. The monoisotopic (exact) mass is 345 g/mol. The SMILES string of the molecule is CCCN(CC1CC1)C(=O)NCc1cccc(NC(=O)C(C)CC)c1. The van der Waals surface area contributed by atoms with Gasteiger partial charge in [-0.2, -0.15) is 0 Å². The summed E-state index contributed by atoms with van der Waals surface area (Å²) in [5.41, 5.74) is 1.76. The lowest BCUT2D eigenvalue weighted by molar-refractivity contribution is -0.119. The molecule has 1 unspecified atom stereocenters. The van der Waals surface area contributed by atoms with E-state index in [1.54, 1.807) is 0 Å². The van der Waals surface area contributed by atoms with E-state index in [9.17, 15) is 9.59 Å². The normalized spacial score (nSPS) is 14.7. The maximum Gasteiger partial charge on any atom is 0.317 e. The molecule has 0 aliphatic heterocycles. The fourth-order valence-electron chi connectivity index (χ4n) is 2.66. The molecule has 1 aliphatic rings. The first-order valence-corrected chi connectivity index (χ1v) is 9.46. The number of carbonyl (C=O) groups is 2. The van der Waals surface area contributed by atoms with Crippen molar-refractivity contribution in [2.75, 3.05) is 18.4 Å². The van der Waals surface area contributed by atoms with Crippen LogP contribution in [0.15, 0.2) is 24.3 Å².